The molecule has 6 heteroatoms. The van der Waals surface area contributed by atoms with Gasteiger partial charge in [-0.1, -0.05) is 12.1 Å². The highest BCUT2D eigenvalue weighted by Gasteiger charge is 2.08. The fourth-order valence-corrected chi connectivity index (χ4v) is 2.99. The van der Waals surface area contributed by atoms with E-state index >= 15 is 0 Å². The number of hydrogen-bond donors (Lipinski definition) is 2. The van der Waals surface area contributed by atoms with E-state index in [0.29, 0.717) is 5.75 Å². The zero-order valence-corrected chi connectivity index (χ0v) is 12.4. The lowest BCUT2D eigenvalue weighted by Gasteiger charge is -2.07. The summed E-state index contributed by atoms with van der Waals surface area (Å²) in [6, 6.07) is 11.6. The van der Waals surface area contributed by atoms with Gasteiger partial charge in [0.15, 0.2) is 0 Å². The molecule has 2 N–H and O–H groups in total. The topological polar surface area (TPSA) is 71.3 Å². The number of rotatable bonds is 7. The summed E-state index contributed by atoms with van der Waals surface area (Å²) in [4.78, 5) is 11.4. The molecule has 1 heterocycles. The third-order valence-electron chi connectivity index (χ3n) is 2.87. The Morgan fingerprint density at radius 1 is 1.24 bits per heavy atom. The Kier molecular flexibility index (Phi) is 5.71. The first-order chi connectivity index (χ1) is 10.2. The molecule has 0 fully saturated rings. The van der Waals surface area contributed by atoms with Gasteiger partial charge in [-0.25, -0.2) is 0 Å². The largest absolute Gasteiger partial charge is 0.395 e. The minimum atomic E-state index is -1.26. The van der Waals surface area contributed by atoms with Crippen molar-refractivity contribution in [1.29, 1.82) is 0 Å². The molecule has 1 unspecified atom stereocenters. The molecule has 1 aromatic carbocycles. The summed E-state index contributed by atoms with van der Waals surface area (Å²) >= 11 is 0. The SMILES string of the molecule is O=C(CS(=O)Cc1cccc(-n2cccc2)c1)NCCO. The van der Waals surface area contributed by atoms with Gasteiger partial charge >= 0.3 is 0 Å². The molecule has 0 spiro atoms. The van der Waals surface area contributed by atoms with Gasteiger partial charge < -0.3 is 15.0 Å². The van der Waals surface area contributed by atoms with Crippen LogP contribution in [-0.4, -0.2) is 38.7 Å². The van der Waals surface area contributed by atoms with E-state index in [0.717, 1.165) is 11.3 Å². The van der Waals surface area contributed by atoms with Gasteiger partial charge in [0.1, 0.15) is 5.75 Å². The Hall–Kier alpha value is -1.92. The Balaban J connectivity index is 1.95. The summed E-state index contributed by atoms with van der Waals surface area (Å²) in [6.45, 7) is 0.0798. The Morgan fingerprint density at radius 3 is 2.71 bits per heavy atom. The minimum absolute atomic E-state index is 0.0479. The lowest BCUT2D eigenvalue weighted by atomic mass is 10.2. The van der Waals surface area contributed by atoms with Crippen molar-refractivity contribution in [2.75, 3.05) is 18.9 Å². The molecule has 21 heavy (non-hydrogen) atoms. The summed E-state index contributed by atoms with van der Waals surface area (Å²) in [5.41, 5.74) is 1.92. The van der Waals surface area contributed by atoms with Crippen molar-refractivity contribution in [1.82, 2.24) is 9.88 Å². The predicted octanol–water partition coefficient (Wildman–Crippen LogP) is 0.834. The molecule has 2 aromatic rings. The van der Waals surface area contributed by atoms with Crippen molar-refractivity contribution < 1.29 is 14.1 Å². The van der Waals surface area contributed by atoms with Crippen LogP contribution in [-0.2, 0) is 21.3 Å². The number of benzene rings is 1. The zero-order chi connectivity index (χ0) is 15.1. The normalized spacial score (nSPS) is 12.0. The van der Waals surface area contributed by atoms with Crippen LogP contribution >= 0.6 is 0 Å². The number of carbonyl (C=O) groups is 1. The van der Waals surface area contributed by atoms with Gasteiger partial charge in [0.2, 0.25) is 5.91 Å². The second-order valence-corrected chi connectivity index (χ2v) is 6.02. The lowest BCUT2D eigenvalue weighted by molar-refractivity contribution is -0.118. The zero-order valence-electron chi connectivity index (χ0n) is 11.6. The van der Waals surface area contributed by atoms with Crippen LogP contribution in [0.2, 0.25) is 0 Å². The summed E-state index contributed by atoms with van der Waals surface area (Å²) in [5, 5.41) is 11.1. The van der Waals surface area contributed by atoms with Crippen molar-refractivity contribution in [3.8, 4) is 5.69 Å². The smallest absolute Gasteiger partial charge is 0.232 e. The maximum atomic E-state index is 12.0. The lowest BCUT2D eigenvalue weighted by Crippen LogP contribution is -2.30. The third-order valence-corrected chi connectivity index (χ3v) is 4.11. The van der Waals surface area contributed by atoms with E-state index in [-0.39, 0.29) is 24.8 Å². The van der Waals surface area contributed by atoms with E-state index in [2.05, 4.69) is 5.32 Å². The van der Waals surface area contributed by atoms with Gasteiger partial charge in [0.25, 0.3) is 0 Å². The molecule has 0 radical (unpaired) electrons. The molecule has 0 bridgehead atoms. The average molecular weight is 306 g/mol. The second kappa shape index (κ2) is 7.75. The monoisotopic (exact) mass is 306 g/mol. The van der Waals surface area contributed by atoms with Gasteiger partial charge in [-0.2, -0.15) is 0 Å². The van der Waals surface area contributed by atoms with Gasteiger partial charge in [-0.05, 0) is 29.8 Å². The summed E-state index contributed by atoms with van der Waals surface area (Å²) in [7, 11) is -1.26. The quantitative estimate of drug-likeness (QED) is 0.796. The minimum Gasteiger partial charge on any atom is -0.395 e. The number of carbonyl (C=O) groups excluding carboxylic acids is 1. The highest BCUT2D eigenvalue weighted by molar-refractivity contribution is 7.84. The number of hydrogen-bond acceptors (Lipinski definition) is 3. The van der Waals surface area contributed by atoms with Gasteiger partial charge in [0, 0.05) is 41.2 Å². The van der Waals surface area contributed by atoms with E-state index in [1.165, 1.54) is 0 Å². The van der Waals surface area contributed by atoms with Crippen LogP contribution in [0, 0.1) is 0 Å². The van der Waals surface area contributed by atoms with Crippen molar-refractivity contribution in [3.05, 3.63) is 54.4 Å². The fourth-order valence-electron chi connectivity index (χ4n) is 1.94. The maximum absolute atomic E-state index is 12.0. The first kappa shape index (κ1) is 15.5. The van der Waals surface area contributed by atoms with E-state index in [1.54, 1.807) is 0 Å². The third kappa shape index (κ3) is 4.84. The summed E-state index contributed by atoms with van der Waals surface area (Å²) in [5.74, 6) is -0.0148. The van der Waals surface area contributed by atoms with Crippen molar-refractivity contribution in [3.63, 3.8) is 0 Å². The molecule has 0 saturated heterocycles. The molecule has 1 amide bonds. The summed E-state index contributed by atoms with van der Waals surface area (Å²) in [6.07, 6.45) is 3.89. The second-order valence-electron chi connectivity index (χ2n) is 4.56. The number of amides is 1. The van der Waals surface area contributed by atoms with Crippen LogP contribution in [0.1, 0.15) is 5.56 Å². The molecule has 2 rings (SSSR count). The summed E-state index contributed by atoms with van der Waals surface area (Å²) < 4.78 is 13.9. The number of nitrogens with zero attached hydrogens (tertiary/aromatic N) is 1. The van der Waals surface area contributed by atoms with Gasteiger partial charge in [0.05, 0.1) is 6.61 Å². The maximum Gasteiger partial charge on any atom is 0.232 e. The van der Waals surface area contributed by atoms with Crippen LogP contribution in [0.15, 0.2) is 48.8 Å². The predicted molar refractivity (Wildman–Crippen MR) is 82.6 cm³/mol. The van der Waals surface area contributed by atoms with Crippen LogP contribution in [0.4, 0.5) is 0 Å². The Morgan fingerprint density at radius 2 is 2.00 bits per heavy atom. The average Bonchev–Trinajstić information content (AvgIpc) is 2.99. The number of aromatic nitrogens is 1. The molecule has 0 aliphatic carbocycles. The molecule has 112 valence electrons. The fraction of sp³-hybridized carbons (Fsp3) is 0.267. The molecule has 5 nitrogen and oxygen atoms in total. The molecule has 0 saturated carbocycles. The highest BCUT2D eigenvalue weighted by atomic mass is 32.2. The number of aliphatic hydroxyl groups excluding tert-OH is 1. The van der Waals surface area contributed by atoms with E-state index in [9.17, 15) is 9.00 Å². The van der Waals surface area contributed by atoms with Crippen LogP contribution in [0.25, 0.3) is 5.69 Å². The molecule has 1 aromatic heterocycles. The number of nitrogens with one attached hydrogen (secondary N) is 1. The Bertz CT molecular complexity index is 611. The molecule has 0 aliphatic heterocycles. The van der Waals surface area contributed by atoms with Crippen LogP contribution in [0.3, 0.4) is 0 Å². The van der Waals surface area contributed by atoms with Gasteiger partial charge in [-0.3, -0.25) is 9.00 Å². The van der Waals surface area contributed by atoms with Crippen LogP contribution < -0.4 is 5.32 Å². The van der Waals surface area contributed by atoms with Crippen molar-refractivity contribution in [2.24, 2.45) is 0 Å². The molecular formula is C15H18N2O3S. The number of aliphatic hydroxyl groups is 1. The van der Waals surface area contributed by atoms with Crippen molar-refractivity contribution in [2.45, 2.75) is 5.75 Å². The van der Waals surface area contributed by atoms with E-state index in [1.807, 2.05) is 53.4 Å². The van der Waals surface area contributed by atoms with Crippen LogP contribution in [0.5, 0.6) is 0 Å². The van der Waals surface area contributed by atoms with E-state index < -0.39 is 10.8 Å². The van der Waals surface area contributed by atoms with Crippen molar-refractivity contribution >= 4 is 16.7 Å². The molecule has 1 atom stereocenters. The molecule has 0 aliphatic rings. The highest BCUT2D eigenvalue weighted by Crippen LogP contribution is 2.12. The van der Waals surface area contributed by atoms with E-state index in [4.69, 9.17) is 5.11 Å². The Labute approximate surface area is 126 Å². The first-order valence-corrected chi connectivity index (χ1v) is 8.12. The molecular weight excluding hydrogens is 288 g/mol. The van der Waals surface area contributed by atoms with Gasteiger partial charge in [-0.15, -0.1) is 0 Å². The first-order valence-electron chi connectivity index (χ1n) is 6.64. The standard InChI is InChI=1S/C15H18N2O3S/c18-9-6-16-15(19)12-21(20)11-13-4-3-5-14(10-13)17-7-1-2-8-17/h1-5,7-8,10,18H,6,9,11-12H2,(H,16,19).